The van der Waals surface area contributed by atoms with E-state index in [-0.39, 0.29) is 0 Å². The van der Waals surface area contributed by atoms with Crippen molar-refractivity contribution in [3.8, 4) is 0 Å². The smallest absolute Gasteiger partial charge is 0.0718 e. The van der Waals surface area contributed by atoms with Crippen LogP contribution in [0.25, 0.3) is 0 Å². The minimum absolute atomic E-state index is 0.352. The molecule has 1 aliphatic rings. The molecule has 1 aromatic heterocycles. The van der Waals surface area contributed by atoms with Gasteiger partial charge in [0.2, 0.25) is 0 Å². The van der Waals surface area contributed by atoms with Crippen LogP contribution in [0.5, 0.6) is 0 Å². The topological polar surface area (TPSA) is 61.0 Å². The molecule has 0 aliphatic carbocycles. The molecular formula is C19H34ClN3O2. The number of halogens is 1. The molecule has 0 spiro atoms. The van der Waals surface area contributed by atoms with Gasteiger partial charge in [-0.1, -0.05) is 18.5 Å². The van der Waals surface area contributed by atoms with Crippen molar-refractivity contribution in [2.24, 2.45) is 11.0 Å². The second-order valence-electron chi connectivity index (χ2n) is 7.58. The van der Waals surface area contributed by atoms with Gasteiger partial charge in [-0.25, -0.2) is 4.68 Å². The summed E-state index contributed by atoms with van der Waals surface area (Å²) in [5.41, 5.74) is 2.64. The van der Waals surface area contributed by atoms with Crippen molar-refractivity contribution in [2.45, 2.75) is 59.0 Å². The highest BCUT2D eigenvalue weighted by Crippen LogP contribution is 2.39. The predicted molar refractivity (Wildman–Crippen MR) is 106 cm³/mol. The fraction of sp³-hybridized carbons (Fsp3) is 0.737. The Kier molecular flexibility index (Phi) is 8.13. The Morgan fingerprint density at radius 1 is 1.28 bits per heavy atom. The van der Waals surface area contributed by atoms with Gasteiger partial charge in [-0.3, -0.25) is 0 Å². The van der Waals surface area contributed by atoms with E-state index in [4.69, 9.17) is 16.7 Å². The quantitative estimate of drug-likeness (QED) is 0.779. The molecule has 0 aromatic carbocycles. The van der Waals surface area contributed by atoms with E-state index in [0.717, 1.165) is 61.6 Å². The van der Waals surface area contributed by atoms with E-state index in [0.29, 0.717) is 11.8 Å². The van der Waals surface area contributed by atoms with Gasteiger partial charge in [0, 0.05) is 32.0 Å². The van der Waals surface area contributed by atoms with E-state index in [1.807, 2.05) is 32.4 Å². The molecule has 0 saturated carbocycles. The van der Waals surface area contributed by atoms with Gasteiger partial charge in [0.25, 0.3) is 0 Å². The van der Waals surface area contributed by atoms with E-state index in [2.05, 4.69) is 23.6 Å². The number of β-amino-alcohol motifs (C(OH)–C–C–N with tert-alkyl or cyclic N) is 1. The third-order valence-corrected chi connectivity index (χ3v) is 5.64. The van der Waals surface area contributed by atoms with Crippen LogP contribution in [0.1, 0.15) is 56.5 Å². The number of rotatable bonds is 5. The third kappa shape index (κ3) is 5.30. The molecule has 6 heteroatoms. The first-order valence-electron chi connectivity index (χ1n) is 8.89. The highest BCUT2D eigenvalue weighted by molar-refractivity contribution is 6.32. The Morgan fingerprint density at radius 3 is 2.24 bits per heavy atom. The lowest BCUT2D eigenvalue weighted by Gasteiger charge is -2.37. The lowest BCUT2D eigenvalue weighted by atomic mass is 9.83. The minimum atomic E-state index is -0.628. The normalized spacial score (nSPS) is 17.8. The molecule has 1 saturated heterocycles. The van der Waals surface area contributed by atoms with Gasteiger partial charge in [-0.15, -0.1) is 0 Å². The lowest BCUT2D eigenvalue weighted by molar-refractivity contribution is 0.0229. The largest absolute Gasteiger partial charge is 0.400 e. The molecule has 1 atom stereocenters. The number of aliphatic hydroxyl groups is 2. The van der Waals surface area contributed by atoms with Gasteiger partial charge in [0.05, 0.1) is 16.3 Å². The Morgan fingerprint density at radius 2 is 1.80 bits per heavy atom. The maximum absolute atomic E-state index is 9.98. The summed E-state index contributed by atoms with van der Waals surface area (Å²) in [4.78, 5) is 2.35. The molecule has 0 bridgehead atoms. The number of aliphatic hydroxyl groups excluding tert-OH is 1. The van der Waals surface area contributed by atoms with Crippen LogP contribution in [0, 0.1) is 19.8 Å². The van der Waals surface area contributed by atoms with E-state index < -0.39 is 5.60 Å². The molecule has 2 rings (SSSR count). The van der Waals surface area contributed by atoms with Gasteiger partial charge in [-0.2, -0.15) is 5.10 Å². The number of hydrogen-bond donors (Lipinski definition) is 2. The fourth-order valence-electron chi connectivity index (χ4n) is 3.74. The average Bonchev–Trinajstić information content (AvgIpc) is 2.79. The van der Waals surface area contributed by atoms with E-state index in [9.17, 15) is 5.11 Å². The van der Waals surface area contributed by atoms with Crippen molar-refractivity contribution in [3.05, 3.63) is 22.0 Å². The van der Waals surface area contributed by atoms with Crippen LogP contribution in [0.3, 0.4) is 0 Å². The first-order chi connectivity index (χ1) is 11.7. The monoisotopic (exact) mass is 371 g/mol. The highest BCUT2D eigenvalue weighted by atomic mass is 35.5. The van der Waals surface area contributed by atoms with Crippen LogP contribution in [-0.4, -0.2) is 58.9 Å². The van der Waals surface area contributed by atoms with E-state index in [1.165, 1.54) is 0 Å². The van der Waals surface area contributed by atoms with Crippen LogP contribution in [-0.2, 0) is 0 Å². The first-order valence-corrected chi connectivity index (χ1v) is 9.27. The van der Waals surface area contributed by atoms with Crippen LogP contribution in [0.15, 0.2) is 5.10 Å². The summed E-state index contributed by atoms with van der Waals surface area (Å²) in [6.45, 7) is 16.6. The maximum atomic E-state index is 9.98. The fourth-order valence-corrected chi connectivity index (χ4v) is 4.13. The summed E-state index contributed by atoms with van der Waals surface area (Å²) in [6.07, 6.45) is 2.24. The van der Waals surface area contributed by atoms with Crippen molar-refractivity contribution < 1.29 is 10.2 Å². The van der Waals surface area contributed by atoms with Gasteiger partial charge in [0.15, 0.2) is 0 Å². The second kappa shape index (κ2) is 9.17. The van der Waals surface area contributed by atoms with Crippen molar-refractivity contribution in [1.29, 1.82) is 0 Å². The van der Waals surface area contributed by atoms with Crippen molar-refractivity contribution in [2.75, 3.05) is 26.7 Å². The van der Waals surface area contributed by atoms with Crippen LogP contribution in [0.4, 0.5) is 0 Å². The van der Waals surface area contributed by atoms with Crippen molar-refractivity contribution >= 4 is 18.3 Å². The predicted octanol–water partition coefficient (Wildman–Crippen LogP) is 3.42. The summed E-state index contributed by atoms with van der Waals surface area (Å²) in [7, 11) is 1.00. The zero-order valence-corrected chi connectivity index (χ0v) is 17.3. The Bertz CT molecular complexity index is 570. The highest BCUT2D eigenvalue weighted by Gasteiger charge is 2.31. The van der Waals surface area contributed by atoms with Crippen LogP contribution >= 0.6 is 11.6 Å². The first kappa shape index (κ1) is 22.2. The summed E-state index contributed by atoms with van der Waals surface area (Å²) >= 11 is 6.58. The number of piperidine rings is 1. The molecule has 2 heterocycles. The maximum Gasteiger partial charge on any atom is 0.0718 e. The van der Waals surface area contributed by atoms with Crippen LogP contribution in [0.2, 0.25) is 5.02 Å². The number of hydrogen-bond acceptors (Lipinski definition) is 4. The molecule has 1 fully saturated rings. The Labute approximate surface area is 157 Å². The zero-order chi connectivity index (χ0) is 19.4. The van der Waals surface area contributed by atoms with Gasteiger partial charge in [0.1, 0.15) is 0 Å². The molecule has 2 N–H and O–H groups in total. The molecular weight excluding hydrogens is 338 g/mol. The molecule has 1 aliphatic heterocycles. The number of likely N-dealkylation sites (tertiary alicyclic amines) is 1. The lowest BCUT2D eigenvalue weighted by Crippen LogP contribution is -2.43. The number of aromatic nitrogens is 1. The van der Waals surface area contributed by atoms with Crippen molar-refractivity contribution in [1.82, 2.24) is 9.58 Å². The minimum Gasteiger partial charge on any atom is -0.400 e. The van der Waals surface area contributed by atoms with Gasteiger partial charge >= 0.3 is 0 Å². The SMILES string of the molecule is C=Nn1c(C)c(C)c(Cl)c1C(C)C1CCN(CC(C)(C)O)CC1.CO. The summed E-state index contributed by atoms with van der Waals surface area (Å²) < 4.78 is 1.91. The molecule has 1 unspecified atom stereocenters. The number of nitrogens with zero attached hydrogens (tertiary/aromatic N) is 3. The van der Waals surface area contributed by atoms with Crippen LogP contribution < -0.4 is 0 Å². The molecule has 0 amide bonds. The van der Waals surface area contributed by atoms with E-state index >= 15 is 0 Å². The third-order valence-electron chi connectivity index (χ3n) is 5.17. The Hall–Kier alpha value is -0.880. The standard InChI is InChI=1S/C18H30ClN3O.CH4O/c1-12-14(3)22(20-6)17(16(12)19)13(2)15-7-9-21(10-8-15)11-18(4,5)23;1-2/h13,15,23H,6-11H2,1-5H3;2H,1H3. The van der Waals surface area contributed by atoms with E-state index in [1.54, 1.807) is 0 Å². The average molecular weight is 372 g/mol. The zero-order valence-electron chi connectivity index (χ0n) is 16.5. The molecule has 5 nitrogen and oxygen atoms in total. The second-order valence-corrected chi connectivity index (χ2v) is 7.96. The molecule has 144 valence electrons. The molecule has 1 aromatic rings. The van der Waals surface area contributed by atoms with Gasteiger partial charge in [-0.05, 0) is 65.1 Å². The van der Waals surface area contributed by atoms with Gasteiger partial charge < -0.3 is 15.1 Å². The summed E-state index contributed by atoms with van der Waals surface area (Å²) in [5, 5.41) is 22.0. The van der Waals surface area contributed by atoms with Crippen molar-refractivity contribution in [3.63, 3.8) is 0 Å². The molecule has 0 radical (unpaired) electrons. The summed E-state index contributed by atoms with van der Waals surface area (Å²) in [6, 6.07) is 0. The Balaban J connectivity index is 0.00000151. The molecule has 25 heavy (non-hydrogen) atoms. The summed E-state index contributed by atoms with van der Waals surface area (Å²) in [5.74, 6) is 0.935.